The van der Waals surface area contributed by atoms with Crippen molar-refractivity contribution in [3.63, 3.8) is 0 Å². The second-order valence-electron chi connectivity index (χ2n) is 2.83. The number of aromatic nitrogens is 2. The molecule has 0 fully saturated rings. The summed E-state index contributed by atoms with van der Waals surface area (Å²) in [5, 5.41) is 4.25. The Hall–Kier alpha value is -1.14. The minimum Gasteiger partial charge on any atom is -0.383 e. The lowest BCUT2D eigenvalue weighted by molar-refractivity contribution is 1.13. The van der Waals surface area contributed by atoms with Gasteiger partial charge in [-0.1, -0.05) is 0 Å². The molecule has 6 heteroatoms. The summed E-state index contributed by atoms with van der Waals surface area (Å²) in [6.45, 7) is 2.80. The third-order valence-electron chi connectivity index (χ3n) is 1.80. The highest BCUT2D eigenvalue weighted by Gasteiger charge is 2.02. The van der Waals surface area contributed by atoms with Crippen molar-refractivity contribution in [3.8, 4) is 0 Å². The summed E-state index contributed by atoms with van der Waals surface area (Å²) < 4.78 is 3.98. The monoisotopic (exact) mass is 226 g/mol. The molecular formula is C8H10N4S2. The normalized spacial score (nSPS) is 10.4. The van der Waals surface area contributed by atoms with Crippen molar-refractivity contribution in [2.45, 2.75) is 13.5 Å². The highest BCUT2D eigenvalue weighted by atomic mass is 32.1. The second kappa shape index (κ2) is 3.93. The number of hydrogen-bond donors (Lipinski definition) is 2. The maximum Gasteiger partial charge on any atom is 0.139 e. The van der Waals surface area contributed by atoms with Crippen molar-refractivity contribution < 1.29 is 0 Å². The maximum atomic E-state index is 5.51. The number of nitrogens with two attached hydrogens (primary N) is 1. The van der Waals surface area contributed by atoms with Crippen LogP contribution in [-0.2, 0) is 6.54 Å². The molecule has 0 radical (unpaired) electrons. The molecule has 2 aromatic heterocycles. The number of rotatable bonds is 3. The average Bonchev–Trinajstić information content (AvgIpc) is 2.72. The van der Waals surface area contributed by atoms with Gasteiger partial charge in [0.05, 0.1) is 17.7 Å². The van der Waals surface area contributed by atoms with Crippen LogP contribution in [0.1, 0.15) is 10.6 Å². The molecule has 14 heavy (non-hydrogen) atoms. The molecule has 0 atom stereocenters. The Morgan fingerprint density at radius 2 is 2.43 bits per heavy atom. The van der Waals surface area contributed by atoms with Gasteiger partial charge in [-0.3, -0.25) is 0 Å². The SMILES string of the molecule is Cc1ncsc1CNc1cc(N)ns1. The second-order valence-corrected chi connectivity index (χ2v) is 4.57. The Morgan fingerprint density at radius 1 is 1.57 bits per heavy atom. The van der Waals surface area contributed by atoms with E-state index in [1.807, 2.05) is 18.5 Å². The molecular weight excluding hydrogens is 216 g/mol. The molecule has 0 aliphatic carbocycles. The van der Waals surface area contributed by atoms with Crippen LogP contribution in [0.25, 0.3) is 0 Å². The molecule has 0 aliphatic heterocycles. The molecule has 0 saturated carbocycles. The van der Waals surface area contributed by atoms with Crippen molar-refractivity contribution in [2.75, 3.05) is 11.1 Å². The fraction of sp³-hybridized carbons (Fsp3) is 0.250. The molecule has 0 bridgehead atoms. The van der Waals surface area contributed by atoms with E-state index >= 15 is 0 Å². The first-order chi connectivity index (χ1) is 6.75. The van der Waals surface area contributed by atoms with E-state index in [1.165, 1.54) is 16.4 Å². The van der Waals surface area contributed by atoms with Crippen LogP contribution in [0.15, 0.2) is 11.6 Å². The summed E-state index contributed by atoms with van der Waals surface area (Å²) in [5.74, 6) is 0.568. The number of anilines is 2. The van der Waals surface area contributed by atoms with Crippen LogP contribution in [0.4, 0.5) is 10.8 Å². The fourth-order valence-electron chi connectivity index (χ4n) is 1.04. The molecule has 3 N–H and O–H groups in total. The van der Waals surface area contributed by atoms with E-state index in [0.717, 1.165) is 17.2 Å². The maximum absolute atomic E-state index is 5.51. The molecule has 0 amide bonds. The van der Waals surface area contributed by atoms with Gasteiger partial charge in [0.15, 0.2) is 0 Å². The average molecular weight is 226 g/mol. The van der Waals surface area contributed by atoms with Gasteiger partial charge >= 0.3 is 0 Å². The van der Waals surface area contributed by atoms with Crippen molar-refractivity contribution in [1.82, 2.24) is 9.36 Å². The molecule has 0 spiro atoms. The zero-order chi connectivity index (χ0) is 9.97. The summed E-state index contributed by atoms with van der Waals surface area (Å²) in [4.78, 5) is 5.42. The van der Waals surface area contributed by atoms with Gasteiger partial charge in [-0.15, -0.1) is 11.3 Å². The standard InChI is InChI=1S/C8H10N4S2/c1-5-6(13-4-11-5)3-10-8-2-7(9)12-14-8/h2,4,10H,3H2,1H3,(H2,9,12). The molecule has 2 heterocycles. The van der Waals surface area contributed by atoms with E-state index in [-0.39, 0.29) is 0 Å². The first-order valence-electron chi connectivity index (χ1n) is 4.11. The van der Waals surface area contributed by atoms with Crippen LogP contribution in [0.3, 0.4) is 0 Å². The van der Waals surface area contributed by atoms with Gasteiger partial charge in [0, 0.05) is 10.9 Å². The minimum absolute atomic E-state index is 0.568. The number of hydrogen-bond acceptors (Lipinski definition) is 6. The van der Waals surface area contributed by atoms with Crippen LogP contribution in [0.5, 0.6) is 0 Å². The van der Waals surface area contributed by atoms with E-state index in [4.69, 9.17) is 5.73 Å². The van der Waals surface area contributed by atoms with Gasteiger partial charge in [0.2, 0.25) is 0 Å². The lowest BCUT2D eigenvalue weighted by Crippen LogP contribution is -1.96. The molecule has 74 valence electrons. The minimum atomic E-state index is 0.568. The highest BCUT2D eigenvalue weighted by molar-refractivity contribution is 7.10. The fourth-order valence-corrected chi connectivity index (χ4v) is 2.32. The molecule has 0 saturated heterocycles. The number of thiazole rings is 1. The third kappa shape index (κ3) is 2.02. The zero-order valence-corrected chi connectivity index (χ0v) is 9.28. The lowest BCUT2D eigenvalue weighted by atomic mass is 10.4. The number of nitrogen functional groups attached to an aromatic ring is 1. The number of aryl methyl sites for hydroxylation is 1. The van der Waals surface area contributed by atoms with Crippen LogP contribution in [0, 0.1) is 6.92 Å². The van der Waals surface area contributed by atoms with Crippen LogP contribution in [0.2, 0.25) is 0 Å². The predicted molar refractivity (Wildman–Crippen MR) is 60.7 cm³/mol. The largest absolute Gasteiger partial charge is 0.383 e. The van der Waals surface area contributed by atoms with Gasteiger partial charge in [0.25, 0.3) is 0 Å². The van der Waals surface area contributed by atoms with E-state index in [9.17, 15) is 0 Å². The zero-order valence-electron chi connectivity index (χ0n) is 7.65. The molecule has 4 nitrogen and oxygen atoms in total. The lowest BCUT2D eigenvalue weighted by Gasteiger charge is -1.99. The predicted octanol–water partition coefficient (Wildman–Crippen LogP) is 2.10. The first-order valence-corrected chi connectivity index (χ1v) is 5.76. The van der Waals surface area contributed by atoms with Crippen LogP contribution >= 0.6 is 22.9 Å². The molecule has 0 aliphatic rings. The Labute approximate surface area is 90.0 Å². The van der Waals surface area contributed by atoms with Gasteiger partial charge in [-0.25, -0.2) is 4.98 Å². The molecule has 2 aromatic rings. The molecule has 0 aromatic carbocycles. The Morgan fingerprint density at radius 3 is 3.00 bits per heavy atom. The smallest absolute Gasteiger partial charge is 0.139 e. The Balaban J connectivity index is 1.98. The number of nitrogens with one attached hydrogen (secondary N) is 1. The summed E-state index contributed by atoms with van der Waals surface area (Å²) in [6, 6.07) is 1.83. The van der Waals surface area contributed by atoms with Crippen molar-refractivity contribution in [1.29, 1.82) is 0 Å². The first kappa shape index (κ1) is 9.42. The van der Waals surface area contributed by atoms with E-state index in [2.05, 4.69) is 14.7 Å². The van der Waals surface area contributed by atoms with Crippen molar-refractivity contribution in [2.24, 2.45) is 0 Å². The van der Waals surface area contributed by atoms with Crippen LogP contribution in [-0.4, -0.2) is 9.36 Å². The summed E-state index contributed by atoms with van der Waals surface area (Å²) >= 11 is 3.03. The quantitative estimate of drug-likeness (QED) is 0.841. The highest BCUT2D eigenvalue weighted by Crippen LogP contribution is 2.20. The topological polar surface area (TPSA) is 63.8 Å². The van der Waals surface area contributed by atoms with E-state index in [0.29, 0.717) is 5.82 Å². The summed E-state index contributed by atoms with van der Waals surface area (Å²) in [7, 11) is 0. The Kier molecular flexibility index (Phi) is 2.64. The third-order valence-corrected chi connectivity index (χ3v) is 3.49. The summed E-state index contributed by atoms with van der Waals surface area (Å²) in [6.07, 6.45) is 0. The van der Waals surface area contributed by atoms with E-state index in [1.54, 1.807) is 11.3 Å². The molecule has 2 rings (SSSR count). The number of nitrogens with zero attached hydrogens (tertiary/aromatic N) is 2. The van der Waals surface area contributed by atoms with Crippen molar-refractivity contribution >= 4 is 33.7 Å². The van der Waals surface area contributed by atoms with Gasteiger partial charge < -0.3 is 11.1 Å². The molecule has 0 unspecified atom stereocenters. The van der Waals surface area contributed by atoms with Gasteiger partial charge in [-0.2, -0.15) is 4.37 Å². The van der Waals surface area contributed by atoms with Crippen LogP contribution < -0.4 is 11.1 Å². The Bertz CT molecular complexity index is 420. The summed E-state index contributed by atoms with van der Waals surface area (Å²) in [5.41, 5.74) is 8.44. The van der Waals surface area contributed by atoms with Crippen molar-refractivity contribution in [3.05, 3.63) is 22.1 Å². The van der Waals surface area contributed by atoms with E-state index < -0.39 is 0 Å². The van der Waals surface area contributed by atoms with Gasteiger partial charge in [-0.05, 0) is 18.5 Å². The van der Waals surface area contributed by atoms with Gasteiger partial charge in [0.1, 0.15) is 10.8 Å².